The second kappa shape index (κ2) is 7.41. The molecule has 0 radical (unpaired) electrons. The Morgan fingerprint density at radius 2 is 1.97 bits per heavy atom. The van der Waals surface area contributed by atoms with Crippen molar-refractivity contribution in [2.75, 3.05) is 0 Å². The van der Waals surface area contributed by atoms with E-state index in [2.05, 4.69) is 6.92 Å². The lowest BCUT2D eigenvalue weighted by Crippen LogP contribution is -2.54. The fourth-order valence-corrected chi connectivity index (χ4v) is 7.05. The Kier molecular flexibility index (Phi) is 4.98. The summed E-state index contributed by atoms with van der Waals surface area (Å²) >= 11 is 1.71. The van der Waals surface area contributed by atoms with Crippen molar-refractivity contribution in [2.24, 2.45) is 5.92 Å². The Morgan fingerprint density at radius 3 is 2.67 bits per heavy atom. The van der Waals surface area contributed by atoms with Gasteiger partial charge in [-0.1, -0.05) is 13.0 Å². The number of hydrogen-bond acceptors (Lipinski definition) is 3. The maximum absolute atomic E-state index is 14.1. The van der Waals surface area contributed by atoms with Crippen LogP contribution in [0.4, 0.5) is 8.78 Å². The minimum absolute atomic E-state index is 0.0252. The van der Waals surface area contributed by atoms with Gasteiger partial charge < -0.3 is 10.0 Å². The Bertz CT molecular complexity index is 974. The van der Waals surface area contributed by atoms with Gasteiger partial charge in [0.15, 0.2) is 0 Å². The van der Waals surface area contributed by atoms with Gasteiger partial charge in [-0.25, -0.2) is 8.78 Å². The van der Waals surface area contributed by atoms with Gasteiger partial charge in [0, 0.05) is 34.8 Å². The van der Waals surface area contributed by atoms with Crippen LogP contribution in [-0.2, 0) is 19.3 Å². The summed E-state index contributed by atoms with van der Waals surface area (Å²) in [5.74, 6) is -0.456. The maximum Gasteiger partial charge on any atom is 0.255 e. The summed E-state index contributed by atoms with van der Waals surface area (Å²) in [6.07, 6.45) is 5.92. The molecule has 6 heteroatoms. The van der Waals surface area contributed by atoms with Gasteiger partial charge in [0.1, 0.15) is 11.6 Å². The van der Waals surface area contributed by atoms with E-state index in [0.29, 0.717) is 24.3 Å². The Morgan fingerprint density at radius 1 is 1.23 bits per heavy atom. The first-order chi connectivity index (χ1) is 14.3. The molecule has 2 bridgehead atoms. The maximum atomic E-state index is 14.1. The van der Waals surface area contributed by atoms with Gasteiger partial charge in [0.05, 0.1) is 11.2 Å². The number of fused-ring (bicyclic) bond motifs is 3. The molecule has 1 aromatic carbocycles. The van der Waals surface area contributed by atoms with E-state index in [-0.39, 0.29) is 24.4 Å². The summed E-state index contributed by atoms with van der Waals surface area (Å²) in [6, 6.07) is 3.47. The molecule has 30 heavy (non-hydrogen) atoms. The molecule has 1 aromatic heterocycles. The van der Waals surface area contributed by atoms with Crippen molar-refractivity contribution >= 4 is 17.2 Å². The van der Waals surface area contributed by atoms with E-state index in [1.807, 2.05) is 10.3 Å². The van der Waals surface area contributed by atoms with Crippen LogP contribution in [0.2, 0.25) is 0 Å². The number of carbonyl (C=O) groups excluding carboxylic acids is 1. The van der Waals surface area contributed by atoms with Crippen LogP contribution in [0.5, 0.6) is 0 Å². The van der Waals surface area contributed by atoms with Crippen LogP contribution in [-0.4, -0.2) is 33.6 Å². The fraction of sp³-hybridized carbons (Fsp3) is 0.542. The molecule has 160 valence electrons. The van der Waals surface area contributed by atoms with Crippen molar-refractivity contribution in [1.29, 1.82) is 0 Å². The van der Waals surface area contributed by atoms with E-state index < -0.39 is 17.2 Å². The predicted octanol–water partition coefficient (Wildman–Crippen LogP) is 4.89. The standard InChI is InChI=1S/C24H27F2NO2S/c1-14-2-7-19-20(13-30-22(19)8-14)23(28)27-17-5-6-18(27)12-24(29,11-17)10-15-3-4-16(25)9-21(15)26/h3-4,9,13-14,17-18,29H,2,5-8,10-12H2,1H3. The monoisotopic (exact) mass is 431 g/mol. The van der Waals surface area contributed by atoms with Gasteiger partial charge in [0.25, 0.3) is 5.91 Å². The molecule has 2 aromatic rings. The first kappa shape index (κ1) is 20.1. The molecule has 3 heterocycles. The molecule has 1 amide bonds. The molecule has 5 rings (SSSR count). The van der Waals surface area contributed by atoms with Crippen molar-refractivity contribution in [2.45, 2.75) is 76.0 Å². The quantitative estimate of drug-likeness (QED) is 0.752. The molecule has 0 saturated carbocycles. The summed E-state index contributed by atoms with van der Waals surface area (Å²) in [7, 11) is 0. The Balaban J connectivity index is 1.35. The molecule has 2 saturated heterocycles. The summed E-state index contributed by atoms with van der Waals surface area (Å²) in [6.45, 7) is 2.26. The van der Waals surface area contributed by atoms with Gasteiger partial charge in [-0.3, -0.25) is 4.79 Å². The van der Waals surface area contributed by atoms with E-state index in [4.69, 9.17) is 0 Å². The summed E-state index contributed by atoms with van der Waals surface area (Å²) in [4.78, 5) is 16.8. The molecule has 2 fully saturated rings. The number of thiophene rings is 1. The Hall–Kier alpha value is -1.79. The van der Waals surface area contributed by atoms with Gasteiger partial charge in [-0.05, 0) is 68.1 Å². The smallest absolute Gasteiger partial charge is 0.255 e. The van der Waals surface area contributed by atoms with Crippen LogP contribution in [0.25, 0.3) is 0 Å². The highest BCUT2D eigenvalue weighted by molar-refractivity contribution is 7.10. The van der Waals surface area contributed by atoms with Crippen LogP contribution < -0.4 is 0 Å². The van der Waals surface area contributed by atoms with E-state index >= 15 is 0 Å². The van der Waals surface area contributed by atoms with Crippen LogP contribution in [0, 0.1) is 17.6 Å². The second-order valence-electron chi connectivity index (χ2n) is 9.54. The van der Waals surface area contributed by atoms with Crippen LogP contribution in [0.3, 0.4) is 0 Å². The van der Waals surface area contributed by atoms with Crippen LogP contribution >= 0.6 is 11.3 Å². The molecule has 1 N–H and O–H groups in total. The summed E-state index contributed by atoms with van der Waals surface area (Å²) in [5, 5.41) is 13.3. The first-order valence-corrected chi connectivity index (χ1v) is 11.8. The SMILES string of the molecule is CC1CCc2c(C(=O)N3C4CCC3CC(O)(Cc3ccc(F)cc3F)C4)csc2C1. The Labute approximate surface area is 179 Å². The number of rotatable bonds is 3. The number of halogens is 2. The average molecular weight is 432 g/mol. The lowest BCUT2D eigenvalue weighted by atomic mass is 9.80. The predicted molar refractivity (Wildman–Crippen MR) is 113 cm³/mol. The lowest BCUT2D eigenvalue weighted by molar-refractivity contribution is -0.0431. The highest BCUT2D eigenvalue weighted by Gasteiger charge is 2.50. The van der Waals surface area contributed by atoms with Gasteiger partial charge in [-0.15, -0.1) is 11.3 Å². The lowest BCUT2D eigenvalue weighted by Gasteiger charge is -2.44. The molecule has 3 atom stereocenters. The summed E-state index contributed by atoms with van der Waals surface area (Å²) in [5.41, 5.74) is 1.36. The molecule has 1 aliphatic carbocycles. The van der Waals surface area contributed by atoms with Crippen molar-refractivity contribution in [3.8, 4) is 0 Å². The largest absolute Gasteiger partial charge is 0.389 e. The van der Waals surface area contributed by atoms with Crippen molar-refractivity contribution in [3.05, 3.63) is 56.8 Å². The number of piperidine rings is 1. The normalized spacial score (nSPS) is 30.4. The third-order valence-electron chi connectivity index (χ3n) is 7.25. The van der Waals surface area contributed by atoms with Gasteiger partial charge in [-0.2, -0.15) is 0 Å². The molecule has 0 spiro atoms. The van der Waals surface area contributed by atoms with Crippen molar-refractivity contribution < 1.29 is 18.7 Å². The van der Waals surface area contributed by atoms with E-state index in [9.17, 15) is 18.7 Å². The number of aliphatic hydroxyl groups is 1. The zero-order chi connectivity index (χ0) is 21.0. The average Bonchev–Trinajstić information content (AvgIpc) is 3.22. The van der Waals surface area contributed by atoms with Crippen molar-refractivity contribution in [3.63, 3.8) is 0 Å². The zero-order valence-electron chi connectivity index (χ0n) is 17.2. The number of nitrogens with zero attached hydrogens (tertiary/aromatic N) is 1. The van der Waals surface area contributed by atoms with Gasteiger partial charge >= 0.3 is 0 Å². The van der Waals surface area contributed by atoms with Gasteiger partial charge in [0.2, 0.25) is 0 Å². The molecular formula is C24H27F2NO2S. The fourth-order valence-electron chi connectivity index (χ4n) is 5.81. The molecule has 3 nitrogen and oxygen atoms in total. The number of amides is 1. The minimum atomic E-state index is -1.06. The topological polar surface area (TPSA) is 40.5 Å². The van der Waals surface area contributed by atoms with E-state index in [0.717, 1.165) is 43.7 Å². The molecule has 2 aliphatic heterocycles. The number of carbonyl (C=O) groups is 1. The number of hydrogen-bond donors (Lipinski definition) is 1. The highest BCUT2D eigenvalue weighted by atomic mass is 32.1. The van der Waals surface area contributed by atoms with Crippen molar-refractivity contribution in [1.82, 2.24) is 4.90 Å². The minimum Gasteiger partial charge on any atom is -0.389 e. The number of benzene rings is 1. The van der Waals surface area contributed by atoms with E-state index in [1.54, 1.807) is 11.3 Å². The first-order valence-electron chi connectivity index (χ1n) is 10.9. The van der Waals surface area contributed by atoms with Crippen LogP contribution in [0.15, 0.2) is 23.6 Å². The highest BCUT2D eigenvalue weighted by Crippen LogP contribution is 2.44. The summed E-state index contributed by atoms with van der Waals surface area (Å²) < 4.78 is 27.4. The molecule has 3 unspecified atom stereocenters. The van der Waals surface area contributed by atoms with E-state index in [1.165, 1.54) is 22.6 Å². The third-order valence-corrected chi connectivity index (χ3v) is 8.30. The molecular weight excluding hydrogens is 404 g/mol. The van der Waals surface area contributed by atoms with Crippen LogP contribution in [0.1, 0.15) is 65.4 Å². The molecule has 3 aliphatic rings. The zero-order valence-corrected chi connectivity index (χ0v) is 18.0. The third kappa shape index (κ3) is 3.48. The second-order valence-corrected chi connectivity index (χ2v) is 10.5.